The van der Waals surface area contributed by atoms with Gasteiger partial charge >= 0.3 is 5.97 Å². The normalized spacial score (nSPS) is 21.3. The average molecular weight is 299 g/mol. The van der Waals surface area contributed by atoms with Gasteiger partial charge < -0.3 is 9.64 Å². The molecule has 0 bridgehead atoms. The summed E-state index contributed by atoms with van der Waals surface area (Å²) in [4.78, 5) is 14.6. The van der Waals surface area contributed by atoms with E-state index in [1.54, 1.807) is 6.92 Å². The topological polar surface area (TPSA) is 55.3 Å². The Labute approximate surface area is 130 Å². The summed E-state index contributed by atoms with van der Waals surface area (Å²) in [6, 6.07) is 8.18. The van der Waals surface area contributed by atoms with Crippen LogP contribution < -0.4 is 4.90 Å². The number of fused-ring (bicyclic) bond motifs is 1. The highest BCUT2D eigenvalue weighted by Crippen LogP contribution is 2.35. The Morgan fingerprint density at radius 2 is 2.09 bits per heavy atom. The van der Waals surface area contributed by atoms with Crippen LogP contribution in [0.4, 0.5) is 5.69 Å². The number of esters is 1. The molecule has 1 aromatic heterocycles. The molecule has 1 aromatic carbocycles. The quantitative estimate of drug-likeness (QED) is 0.815. The Balaban J connectivity index is 2.19. The van der Waals surface area contributed by atoms with Gasteiger partial charge in [-0.15, -0.1) is 10.2 Å². The second-order valence-electron chi connectivity index (χ2n) is 5.83. The summed E-state index contributed by atoms with van der Waals surface area (Å²) in [5, 5.41) is 9.31. The Morgan fingerprint density at radius 3 is 2.77 bits per heavy atom. The number of hydrogen-bond acceptors (Lipinski definition) is 5. The molecule has 116 valence electrons. The number of aromatic nitrogens is 2. The van der Waals surface area contributed by atoms with Crippen molar-refractivity contribution in [3.8, 4) is 0 Å². The van der Waals surface area contributed by atoms with Crippen molar-refractivity contribution in [2.24, 2.45) is 5.92 Å². The second kappa shape index (κ2) is 5.91. The van der Waals surface area contributed by atoms with Crippen LogP contribution in [-0.4, -0.2) is 35.4 Å². The van der Waals surface area contributed by atoms with Gasteiger partial charge in [-0.2, -0.15) is 0 Å². The first-order chi connectivity index (χ1) is 10.6. The van der Waals surface area contributed by atoms with Gasteiger partial charge in [0.05, 0.1) is 17.8 Å². The molecular formula is C17H21N3O2. The first-order valence-corrected chi connectivity index (χ1v) is 7.82. The molecule has 2 aromatic rings. The van der Waals surface area contributed by atoms with Gasteiger partial charge in [-0.3, -0.25) is 0 Å². The van der Waals surface area contributed by atoms with E-state index in [0.717, 1.165) is 29.6 Å². The van der Waals surface area contributed by atoms with E-state index >= 15 is 0 Å². The van der Waals surface area contributed by atoms with E-state index in [9.17, 15) is 4.79 Å². The third kappa shape index (κ3) is 2.40. The van der Waals surface area contributed by atoms with Gasteiger partial charge in [-0.1, -0.05) is 25.1 Å². The van der Waals surface area contributed by atoms with Crippen molar-refractivity contribution in [3.05, 3.63) is 30.0 Å². The fourth-order valence-electron chi connectivity index (χ4n) is 3.08. The lowest BCUT2D eigenvalue weighted by molar-refractivity contribution is 0.0519. The van der Waals surface area contributed by atoms with Crippen LogP contribution >= 0.6 is 0 Å². The Hall–Kier alpha value is -2.17. The highest BCUT2D eigenvalue weighted by molar-refractivity contribution is 6.03. The molecule has 2 heterocycles. The predicted octanol–water partition coefficient (Wildman–Crippen LogP) is 3.04. The summed E-state index contributed by atoms with van der Waals surface area (Å²) in [7, 11) is 0. The Morgan fingerprint density at radius 1 is 1.32 bits per heavy atom. The van der Waals surface area contributed by atoms with Crippen LogP contribution in [-0.2, 0) is 4.74 Å². The molecule has 22 heavy (non-hydrogen) atoms. The largest absolute Gasteiger partial charge is 0.461 e. The monoisotopic (exact) mass is 299 g/mol. The molecule has 0 saturated carbocycles. The third-order valence-electron chi connectivity index (χ3n) is 4.54. The number of benzene rings is 1. The molecule has 2 atom stereocenters. The lowest BCUT2D eigenvalue weighted by Gasteiger charge is -2.27. The van der Waals surface area contributed by atoms with E-state index in [2.05, 4.69) is 28.9 Å². The van der Waals surface area contributed by atoms with E-state index in [0.29, 0.717) is 24.3 Å². The SMILES string of the molecule is CCOC(=O)c1nnc2ccccc2c1N1CCC(C)C1C. The zero-order valence-corrected chi connectivity index (χ0v) is 13.2. The summed E-state index contributed by atoms with van der Waals surface area (Å²) in [6.45, 7) is 7.49. The van der Waals surface area contributed by atoms with Crippen LogP contribution in [0.5, 0.6) is 0 Å². The maximum atomic E-state index is 12.3. The molecule has 0 radical (unpaired) electrons. The minimum absolute atomic E-state index is 0.321. The molecule has 1 aliphatic heterocycles. The first-order valence-electron chi connectivity index (χ1n) is 7.82. The van der Waals surface area contributed by atoms with Gasteiger partial charge in [-0.25, -0.2) is 4.79 Å². The van der Waals surface area contributed by atoms with Crippen molar-refractivity contribution < 1.29 is 9.53 Å². The number of hydrogen-bond donors (Lipinski definition) is 0. The van der Waals surface area contributed by atoms with Crippen molar-refractivity contribution in [3.63, 3.8) is 0 Å². The van der Waals surface area contributed by atoms with Gasteiger partial charge in [0.2, 0.25) is 0 Å². The predicted molar refractivity (Wildman–Crippen MR) is 86.1 cm³/mol. The molecule has 5 heteroatoms. The average Bonchev–Trinajstić information content (AvgIpc) is 2.86. The highest BCUT2D eigenvalue weighted by atomic mass is 16.5. The lowest BCUT2D eigenvalue weighted by Crippen LogP contribution is -2.31. The van der Waals surface area contributed by atoms with E-state index in [1.165, 1.54) is 0 Å². The standard InChI is InChI=1S/C17H21N3O2/c1-4-22-17(21)15-16(20-10-9-11(2)12(20)3)13-7-5-6-8-14(13)18-19-15/h5-8,11-12H,4,9-10H2,1-3H3. The van der Waals surface area contributed by atoms with Crippen LogP contribution in [0.1, 0.15) is 37.7 Å². The maximum Gasteiger partial charge on any atom is 0.361 e. The zero-order chi connectivity index (χ0) is 15.7. The summed E-state index contributed by atoms with van der Waals surface area (Å²) < 4.78 is 5.17. The van der Waals surface area contributed by atoms with E-state index in [1.807, 2.05) is 24.3 Å². The molecule has 0 amide bonds. The second-order valence-corrected chi connectivity index (χ2v) is 5.83. The minimum Gasteiger partial charge on any atom is -0.461 e. The molecule has 1 aliphatic rings. The van der Waals surface area contributed by atoms with Crippen molar-refractivity contribution in [1.29, 1.82) is 0 Å². The fourth-order valence-corrected chi connectivity index (χ4v) is 3.08. The van der Waals surface area contributed by atoms with E-state index in [4.69, 9.17) is 4.74 Å². The van der Waals surface area contributed by atoms with Crippen molar-refractivity contribution in [1.82, 2.24) is 10.2 Å². The zero-order valence-electron chi connectivity index (χ0n) is 13.2. The van der Waals surface area contributed by atoms with Crippen molar-refractivity contribution >= 4 is 22.6 Å². The van der Waals surface area contributed by atoms with Gasteiger partial charge in [0.15, 0.2) is 5.69 Å². The number of rotatable bonds is 3. The number of carbonyl (C=O) groups excluding carboxylic acids is 1. The van der Waals surface area contributed by atoms with Crippen LogP contribution in [0.3, 0.4) is 0 Å². The van der Waals surface area contributed by atoms with Crippen LogP contribution in [0.15, 0.2) is 24.3 Å². The van der Waals surface area contributed by atoms with Gasteiger partial charge in [0, 0.05) is 18.0 Å². The number of nitrogens with zero attached hydrogens (tertiary/aromatic N) is 3. The summed E-state index contributed by atoms with van der Waals surface area (Å²) >= 11 is 0. The smallest absolute Gasteiger partial charge is 0.361 e. The summed E-state index contributed by atoms with van der Waals surface area (Å²) in [5.74, 6) is 0.185. The van der Waals surface area contributed by atoms with E-state index in [-0.39, 0.29) is 0 Å². The molecule has 5 nitrogen and oxygen atoms in total. The maximum absolute atomic E-state index is 12.3. The van der Waals surface area contributed by atoms with Gasteiger partial charge in [-0.05, 0) is 32.3 Å². The number of ether oxygens (including phenoxy) is 1. The summed E-state index contributed by atoms with van der Waals surface area (Å²) in [5.41, 5.74) is 1.99. The molecule has 0 N–H and O–H groups in total. The molecular weight excluding hydrogens is 278 g/mol. The Bertz CT molecular complexity index is 701. The number of anilines is 1. The fraction of sp³-hybridized carbons (Fsp3) is 0.471. The molecule has 1 saturated heterocycles. The molecule has 1 fully saturated rings. The highest BCUT2D eigenvalue weighted by Gasteiger charge is 2.32. The third-order valence-corrected chi connectivity index (χ3v) is 4.54. The van der Waals surface area contributed by atoms with Crippen LogP contribution in [0, 0.1) is 5.92 Å². The van der Waals surface area contributed by atoms with E-state index < -0.39 is 5.97 Å². The Kier molecular flexibility index (Phi) is 3.96. The molecule has 2 unspecified atom stereocenters. The van der Waals surface area contributed by atoms with Crippen LogP contribution in [0.2, 0.25) is 0 Å². The van der Waals surface area contributed by atoms with Crippen molar-refractivity contribution in [2.45, 2.75) is 33.2 Å². The number of carbonyl (C=O) groups is 1. The molecule has 0 spiro atoms. The van der Waals surface area contributed by atoms with Crippen LogP contribution in [0.25, 0.3) is 10.9 Å². The first kappa shape index (κ1) is 14.8. The van der Waals surface area contributed by atoms with Crippen molar-refractivity contribution in [2.75, 3.05) is 18.1 Å². The summed E-state index contributed by atoms with van der Waals surface area (Å²) in [6.07, 6.45) is 1.11. The van der Waals surface area contributed by atoms with Gasteiger partial charge in [0.25, 0.3) is 0 Å². The van der Waals surface area contributed by atoms with Gasteiger partial charge in [0.1, 0.15) is 0 Å². The molecule has 3 rings (SSSR count). The molecule has 0 aliphatic carbocycles. The minimum atomic E-state index is -0.400. The lowest BCUT2D eigenvalue weighted by atomic mass is 10.0.